The van der Waals surface area contributed by atoms with Gasteiger partial charge in [0, 0.05) is 22.6 Å². The molecule has 0 atom stereocenters. The number of benzene rings is 5. The number of aldehydes is 1. The van der Waals surface area contributed by atoms with Crippen LogP contribution in [-0.2, 0) is 0 Å². The third-order valence-corrected chi connectivity index (χ3v) is 6.05. The molecule has 0 fully saturated rings. The highest BCUT2D eigenvalue weighted by molar-refractivity contribution is 5.84. The Kier molecular flexibility index (Phi) is 7.19. The summed E-state index contributed by atoms with van der Waals surface area (Å²) in [6.45, 7) is 2.10. The molecule has 5 rings (SSSR count). The molecular weight excluding hydrogens is 454 g/mol. The molecule has 0 aliphatic carbocycles. The molecule has 5 aromatic carbocycles. The number of para-hydroxylation sites is 2. The van der Waals surface area contributed by atoms with E-state index in [1.165, 1.54) is 5.56 Å². The van der Waals surface area contributed by atoms with E-state index < -0.39 is 0 Å². The minimum atomic E-state index is 0.632. The molecule has 4 nitrogen and oxygen atoms in total. The first-order chi connectivity index (χ1) is 18.2. The Bertz CT molecular complexity index is 1460. The van der Waals surface area contributed by atoms with Gasteiger partial charge in [0.15, 0.2) is 0 Å². The second-order valence-corrected chi connectivity index (χ2v) is 8.70. The summed E-state index contributed by atoms with van der Waals surface area (Å²) >= 11 is 0. The van der Waals surface area contributed by atoms with Gasteiger partial charge in [-0.25, -0.2) is 5.01 Å². The van der Waals surface area contributed by atoms with E-state index in [1.807, 2.05) is 59.8 Å². The molecular formula is C33H27N3O. The lowest BCUT2D eigenvalue weighted by Crippen LogP contribution is -2.10. The molecule has 0 N–H and O–H groups in total. The predicted molar refractivity (Wildman–Crippen MR) is 154 cm³/mol. The number of rotatable bonds is 8. The second kappa shape index (κ2) is 11.2. The minimum Gasteiger partial charge on any atom is -0.311 e. The summed E-state index contributed by atoms with van der Waals surface area (Å²) < 4.78 is 0. The van der Waals surface area contributed by atoms with E-state index in [0.717, 1.165) is 40.3 Å². The van der Waals surface area contributed by atoms with Crippen molar-refractivity contribution in [3.8, 4) is 0 Å². The predicted octanol–water partition coefficient (Wildman–Crippen LogP) is 8.45. The van der Waals surface area contributed by atoms with Crippen molar-refractivity contribution >= 4 is 40.9 Å². The Labute approximate surface area is 217 Å². The molecule has 37 heavy (non-hydrogen) atoms. The van der Waals surface area contributed by atoms with E-state index in [1.54, 1.807) is 12.1 Å². The van der Waals surface area contributed by atoms with Gasteiger partial charge >= 0.3 is 0 Å². The second-order valence-electron chi connectivity index (χ2n) is 8.70. The molecule has 0 radical (unpaired) electrons. The summed E-state index contributed by atoms with van der Waals surface area (Å²) in [5, 5.41) is 6.66. The fourth-order valence-corrected chi connectivity index (χ4v) is 4.10. The average molecular weight is 482 g/mol. The maximum atomic E-state index is 11.1. The van der Waals surface area contributed by atoms with Crippen LogP contribution in [0.15, 0.2) is 139 Å². The monoisotopic (exact) mass is 481 g/mol. The summed E-state index contributed by atoms with van der Waals surface area (Å²) in [6, 6.07) is 44.6. The Balaban J connectivity index is 1.45. The van der Waals surface area contributed by atoms with Crippen LogP contribution < -0.4 is 9.91 Å². The van der Waals surface area contributed by atoms with Crippen molar-refractivity contribution in [3.05, 3.63) is 150 Å². The molecule has 0 saturated heterocycles. The zero-order chi connectivity index (χ0) is 25.5. The van der Waals surface area contributed by atoms with Gasteiger partial charge in [-0.05, 0) is 85.3 Å². The Hall–Kier alpha value is -4.96. The molecule has 0 amide bonds. The normalized spacial score (nSPS) is 10.8. The van der Waals surface area contributed by atoms with Crippen molar-refractivity contribution in [2.75, 3.05) is 9.91 Å². The lowest BCUT2D eigenvalue weighted by molar-refractivity contribution is 0.112. The molecule has 0 aliphatic heterocycles. The van der Waals surface area contributed by atoms with Crippen LogP contribution in [0.25, 0.3) is 0 Å². The van der Waals surface area contributed by atoms with E-state index in [4.69, 9.17) is 5.10 Å². The molecule has 0 unspecified atom stereocenters. The number of carbonyl (C=O) groups excluding carboxylic acids is 1. The van der Waals surface area contributed by atoms with Crippen molar-refractivity contribution in [2.24, 2.45) is 5.10 Å². The fraction of sp³-hybridized carbons (Fsp3) is 0.0303. The maximum Gasteiger partial charge on any atom is 0.150 e. The van der Waals surface area contributed by atoms with Gasteiger partial charge < -0.3 is 4.90 Å². The highest BCUT2D eigenvalue weighted by Crippen LogP contribution is 2.34. The lowest BCUT2D eigenvalue weighted by Gasteiger charge is -2.25. The van der Waals surface area contributed by atoms with E-state index in [0.29, 0.717) is 5.56 Å². The number of aryl methyl sites for hydroxylation is 1. The van der Waals surface area contributed by atoms with Crippen LogP contribution in [0.5, 0.6) is 0 Å². The first kappa shape index (κ1) is 23.8. The number of carbonyl (C=O) groups is 1. The van der Waals surface area contributed by atoms with Gasteiger partial charge in [-0.1, -0.05) is 66.2 Å². The summed E-state index contributed by atoms with van der Waals surface area (Å²) in [5.74, 6) is 0. The first-order valence-electron chi connectivity index (χ1n) is 12.2. The molecule has 4 heteroatoms. The van der Waals surface area contributed by atoms with Crippen LogP contribution in [-0.4, -0.2) is 12.5 Å². The van der Waals surface area contributed by atoms with Gasteiger partial charge in [-0.15, -0.1) is 0 Å². The zero-order valence-electron chi connectivity index (χ0n) is 20.6. The molecule has 0 heterocycles. The zero-order valence-corrected chi connectivity index (χ0v) is 20.6. The average Bonchev–Trinajstić information content (AvgIpc) is 2.96. The third-order valence-electron chi connectivity index (χ3n) is 6.05. The van der Waals surface area contributed by atoms with Gasteiger partial charge in [0.05, 0.1) is 17.6 Å². The molecule has 5 aromatic rings. The van der Waals surface area contributed by atoms with Gasteiger partial charge in [0.25, 0.3) is 0 Å². The lowest BCUT2D eigenvalue weighted by atomic mass is 10.1. The maximum absolute atomic E-state index is 11.1. The third kappa shape index (κ3) is 5.65. The summed E-state index contributed by atoms with van der Waals surface area (Å²) in [7, 11) is 0. The van der Waals surface area contributed by atoms with Crippen LogP contribution in [0.4, 0.5) is 28.4 Å². The molecule has 180 valence electrons. The van der Waals surface area contributed by atoms with Gasteiger partial charge in [0.2, 0.25) is 0 Å². The first-order valence-corrected chi connectivity index (χ1v) is 12.2. The van der Waals surface area contributed by atoms with Crippen molar-refractivity contribution in [3.63, 3.8) is 0 Å². The summed E-state index contributed by atoms with van der Waals surface area (Å²) in [6.07, 6.45) is 2.69. The summed E-state index contributed by atoms with van der Waals surface area (Å²) in [5.41, 5.74) is 7.92. The SMILES string of the molecule is Cc1ccc(N(c2ccccc2)c2ccc(C=NN(c3ccccc3)c3ccc(C=O)cc3)cc2)cc1. The van der Waals surface area contributed by atoms with E-state index in [-0.39, 0.29) is 0 Å². The van der Waals surface area contributed by atoms with Crippen molar-refractivity contribution in [1.82, 2.24) is 0 Å². The van der Waals surface area contributed by atoms with Gasteiger partial charge in [0.1, 0.15) is 6.29 Å². The molecule has 0 saturated carbocycles. The molecule has 0 bridgehead atoms. The molecule has 0 aromatic heterocycles. The Morgan fingerprint density at radius 3 is 1.51 bits per heavy atom. The number of nitrogens with zero attached hydrogens (tertiary/aromatic N) is 3. The van der Waals surface area contributed by atoms with E-state index >= 15 is 0 Å². The quantitative estimate of drug-likeness (QED) is 0.127. The van der Waals surface area contributed by atoms with Gasteiger partial charge in [-0.2, -0.15) is 5.10 Å². The van der Waals surface area contributed by atoms with Crippen LogP contribution >= 0.6 is 0 Å². The standard InChI is InChI=1S/C33H27N3O/c1-26-12-18-30(19-13-26)35(29-8-4-2-5-9-29)31-20-14-27(15-21-31)24-34-36(32-10-6-3-7-11-32)33-22-16-28(25-37)17-23-33/h2-25H,1H3. The topological polar surface area (TPSA) is 35.9 Å². The molecule has 0 aliphatic rings. The Morgan fingerprint density at radius 2 is 0.946 bits per heavy atom. The highest BCUT2D eigenvalue weighted by atomic mass is 16.1. The Morgan fingerprint density at radius 1 is 0.514 bits per heavy atom. The van der Waals surface area contributed by atoms with Crippen LogP contribution in [0, 0.1) is 6.92 Å². The largest absolute Gasteiger partial charge is 0.311 e. The molecule has 0 spiro atoms. The summed E-state index contributed by atoms with van der Waals surface area (Å²) in [4.78, 5) is 13.3. The number of hydrogen-bond donors (Lipinski definition) is 0. The van der Waals surface area contributed by atoms with E-state index in [2.05, 4.69) is 84.6 Å². The van der Waals surface area contributed by atoms with Crippen LogP contribution in [0.3, 0.4) is 0 Å². The van der Waals surface area contributed by atoms with Crippen molar-refractivity contribution in [1.29, 1.82) is 0 Å². The van der Waals surface area contributed by atoms with Gasteiger partial charge in [-0.3, -0.25) is 4.79 Å². The number of hydrogen-bond acceptors (Lipinski definition) is 4. The van der Waals surface area contributed by atoms with Crippen LogP contribution in [0.2, 0.25) is 0 Å². The number of anilines is 5. The smallest absolute Gasteiger partial charge is 0.150 e. The number of hydrazone groups is 1. The van der Waals surface area contributed by atoms with Crippen molar-refractivity contribution < 1.29 is 4.79 Å². The fourth-order valence-electron chi connectivity index (χ4n) is 4.10. The van der Waals surface area contributed by atoms with E-state index in [9.17, 15) is 4.79 Å². The minimum absolute atomic E-state index is 0.632. The van der Waals surface area contributed by atoms with Crippen LogP contribution in [0.1, 0.15) is 21.5 Å². The van der Waals surface area contributed by atoms with Crippen molar-refractivity contribution in [2.45, 2.75) is 6.92 Å². The highest BCUT2D eigenvalue weighted by Gasteiger charge is 2.12.